The Bertz CT molecular complexity index is 885. The van der Waals surface area contributed by atoms with Crippen molar-refractivity contribution >= 4 is 23.2 Å². The van der Waals surface area contributed by atoms with Gasteiger partial charge in [-0.2, -0.15) is 10.2 Å². The number of benzene rings is 2. The van der Waals surface area contributed by atoms with Crippen LogP contribution < -0.4 is 5.43 Å². The number of hydrazone groups is 1. The van der Waals surface area contributed by atoms with Crippen LogP contribution in [0.5, 0.6) is 0 Å². The first-order valence-electron chi connectivity index (χ1n) is 7.80. The Labute approximate surface area is 150 Å². The molecule has 0 saturated heterocycles. The number of rotatable bonds is 5. The highest BCUT2D eigenvalue weighted by atomic mass is 35.5. The largest absolute Gasteiger partial charge is 0.291 e. The zero-order valence-electron chi connectivity index (χ0n) is 13.7. The molecular formula is C19H17ClN4O. The zero-order chi connectivity index (χ0) is 17.6. The van der Waals surface area contributed by atoms with E-state index in [1.807, 2.05) is 61.5 Å². The molecule has 126 valence electrons. The number of halogens is 1. The van der Waals surface area contributed by atoms with Crippen LogP contribution in [-0.4, -0.2) is 21.4 Å². The third-order valence-corrected chi connectivity index (χ3v) is 3.90. The van der Waals surface area contributed by atoms with E-state index in [1.165, 1.54) is 0 Å². The fourth-order valence-corrected chi connectivity index (χ4v) is 2.41. The summed E-state index contributed by atoms with van der Waals surface area (Å²) in [5.41, 5.74) is 5.59. The summed E-state index contributed by atoms with van der Waals surface area (Å²) in [4.78, 5) is 12.2. The first-order valence-corrected chi connectivity index (χ1v) is 8.17. The molecule has 0 aliphatic heterocycles. The molecule has 0 aliphatic carbocycles. The van der Waals surface area contributed by atoms with Crippen molar-refractivity contribution < 1.29 is 4.79 Å². The van der Waals surface area contributed by atoms with Crippen molar-refractivity contribution in [1.82, 2.24) is 15.2 Å². The van der Waals surface area contributed by atoms with Crippen LogP contribution in [0.2, 0.25) is 5.02 Å². The van der Waals surface area contributed by atoms with Gasteiger partial charge in [0.15, 0.2) is 5.69 Å². The lowest BCUT2D eigenvalue weighted by Gasteiger charge is -2.02. The highest BCUT2D eigenvalue weighted by Gasteiger charge is 2.09. The van der Waals surface area contributed by atoms with E-state index < -0.39 is 0 Å². The van der Waals surface area contributed by atoms with Gasteiger partial charge in [-0.1, -0.05) is 54.1 Å². The maximum atomic E-state index is 12.2. The molecule has 1 N–H and O–H groups in total. The van der Waals surface area contributed by atoms with Gasteiger partial charge in [0.1, 0.15) is 0 Å². The van der Waals surface area contributed by atoms with Gasteiger partial charge >= 0.3 is 0 Å². The van der Waals surface area contributed by atoms with Crippen LogP contribution >= 0.6 is 11.6 Å². The van der Waals surface area contributed by atoms with Crippen molar-refractivity contribution in [2.75, 3.05) is 0 Å². The third kappa shape index (κ3) is 4.55. The van der Waals surface area contributed by atoms with Crippen molar-refractivity contribution in [2.24, 2.45) is 5.10 Å². The van der Waals surface area contributed by atoms with E-state index >= 15 is 0 Å². The number of carbonyl (C=O) groups excluding carboxylic acids is 1. The fraction of sp³-hybridized carbons (Fsp3) is 0.105. The van der Waals surface area contributed by atoms with Gasteiger partial charge in [0.2, 0.25) is 0 Å². The first kappa shape index (κ1) is 16.9. The summed E-state index contributed by atoms with van der Waals surface area (Å²) in [7, 11) is 0. The summed E-state index contributed by atoms with van der Waals surface area (Å²) < 4.78 is 1.70. The van der Waals surface area contributed by atoms with Gasteiger partial charge in [-0.05, 0) is 36.2 Å². The molecule has 0 spiro atoms. The van der Waals surface area contributed by atoms with E-state index in [1.54, 1.807) is 16.9 Å². The molecule has 5 nitrogen and oxygen atoms in total. The summed E-state index contributed by atoms with van der Waals surface area (Å²) in [6, 6.07) is 18.8. The third-order valence-electron chi connectivity index (χ3n) is 3.65. The quantitative estimate of drug-likeness (QED) is 0.561. The first-order chi connectivity index (χ1) is 12.1. The van der Waals surface area contributed by atoms with E-state index in [2.05, 4.69) is 15.6 Å². The van der Waals surface area contributed by atoms with Crippen molar-refractivity contribution in [1.29, 1.82) is 0 Å². The van der Waals surface area contributed by atoms with Crippen molar-refractivity contribution in [3.8, 4) is 0 Å². The number of nitrogens with one attached hydrogen (secondary N) is 1. The lowest BCUT2D eigenvalue weighted by atomic mass is 10.1. The number of aromatic nitrogens is 2. The van der Waals surface area contributed by atoms with E-state index in [4.69, 9.17) is 11.6 Å². The molecule has 2 aromatic carbocycles. The highest BCUT2D eigenvalue weighted by molar-refractivity contribution is 6.30. The van der Waals surface area contributed by atoms with E-state index in [0.717, 1.165) is 16.8 Å². The summed E-state index contributed by atoms with van der Waals surface area (Å²) in [6.07, 6.45) is 1.76. The monoisotopic (exact) mass is 352 g/mol. The number of amides is 1. The Kier molecular flexibility index (Phi) is 5.26. The summed E-state index contributed by atoms with van der Waals surface area (Å²) >= 11 is 5.88. The van der Waals surface area contributed by atoms with Gasteiger partial charge in [-0.15, -0.1) is 0 Å². The van der Waals surface area contributed by atoms with E-state index in [9.17, 15) is 4.79 Å². The number of nitrogens with zero attached hydrogens (tertiary/aromatic N) is 3. The fourth-order valence-electron chi connectivity index (χ4n) is 2.28. The van der Waals surface area contributed by atoms with Crippen LogP contribution in [0.4, 0.5) is 0 Å². The topological polar surface area (TPSA) is 59.3 Å². The SMILES string of the molecule is C/C(=N\NC(=O)c1ccn(Cc2ccc(Cl)cc2)n1)c1ccccc1. The summed E-state index contributed by atoms with van der Waals surface area (Å²) in [5, 5.41) is 9.10. The minimum atomic E-state index is -0.342. The molecular weight excluding hydrogens is 336 g/mol. The molecule has 0 aliphatic rings. The highest BCUT2D eigenvalue weighted by Crippen LogP contribution is 2.10. The molecule has 25 heavy (non-hydrogen) atoms. The molecule has 6 heteroatoms. The Morgan fingerprint density at radius 3 is 2.56 bits per heavy atom. The predicted molar refractivity (Wildman–Crippen MR) is 98.9 cm³/mol. The minimum Gasteiger partial charge on any atom is -0.268 e. The molecule has 1 amide bonds. The Morgan fingerprint density at radius 2 is 1.84 bits per heavy atom. The molecule has 3 rings (SSSR count). The zero-order valence-corrected chi connectivity index (χ0v) is 14.4. The molecule has 0 bridgehead atoms. The van der Waals surface area contributed by atoms with Crippen LogP contribution in [0.15, 0.2) is 72.0 Å². The lowest BCUT2D eigenvalue weighted by molar-refractivity contribution is 0.0949. The smallest absolute Gasteiger partial charge is 0.268 e. The van der Waals surface area contributed by atoms with Crippen LogP contribution in [0.1, 0.15) is 28.5 Å². The Hall–Kier alpha value is -2.92. The second-order valence-corrected chi connectivity index (χ2v) is 5.97. The lowest BCUT2D eigenvalue weighted by Crippen LogP contribution is -2.20. The predicted octanol–water partition coefficient (Wildman–Crippen LogP) is 3.74. The number of carbonyl (C=O) groups is 1. The second-order valence-electron chi connectivity index (χ2n) is 5.53. The average Bonchev–Trinajstić information content (AvgIpc) is 3.10. The molecule has 0 radical (unpaired) electrons. The molecule has 0 atom stereocenters. The molecule has 1 heterocycles. The Balaban J connectivity index is 1.63. The van der Waals surface area contributed by atoms with Gasteiger partial charge in [0.05, 0.1) is 12.3 Å². The molecule has 0 fully saturated rings. The normalized spacial score (nSPS) is 11.4. The molecule has 3 aromatic rings. The standard InChI is InChI=1S/C19H17ClN4O/c1-14(16-5-3-2-4-6-16)21-22-19(25)18-11-12-24(23-18)13-15-7-9-17(20)10-8-15/h2-12H,13H2,1H3,(H,22,25)/b21-14+. The Morgan fingerprint density at radius 1 is 1.12 bits per heavy atom. The maximum absolute atomic E-state index is 12.2. The van der Waals surface area contributed by atoms with Crippen LogP contribution in [0.25, 0.3) is 0 Å². The molecule has 0 saturated carbocycles. The van der Waals surface area contributed by atoms with Crippen LogP contribution in [0.3, 0.4) is 0 Å². The average molecular weight is 353 g/mol. The minimum absolute atomic E-state index is 0.318. The van der Waals surface area contributed by atoms with Gasteiger partial charge in [-0.25, -0.2) is 5.43 Å². The van der Waals surface area contributed by atoms with Gasteiger partial charge in [-0.3, -0.25) is 9.48 Å². The van der Waals surface area contributed by atoms with Crippen LogP contribution in [-0.2, 0) is 6.54 Å². The van der Waals surface area contributed by atoms with E-state index in [-0.39, 0.29) is 5.91 Å². The van der Waals surface area contributed by atoms with Crippen LogP contribution in [0, 0.1) is 0 Å². The maximum Gasteiger partial charge on any atom is 0.291 e. The van der Waals surface area contributed by atoms with Gasteiger partial charge < -0.3 is 0 Å². The number of hydrogen-bond donors (Lipinski definition) is 1. The van der Waals surface area contributed by atoms with Gasteiger partial charge in [0, 0.05) is 11.2 Å². The molecule has 1 aromatic heterocycles. The van der Waals surface area contributed by atoms with Gasteiger partial charge in [0.25, 0.3) is 5.91 Å². The van der Waals surface area contributed by atoms with E-state index in [0.29, 0.717) is 17.3 Å². The summed E-state index contributed by atoms with van der Waals surface area (Å²) in [6.45, 7) is 2.41. The number of hydrogen-bond acceptors (Lipinski definition) is 3. The van der Waals surface area contributed by atoms with Crippen molar-refractivity contribution in [2.45, 2.75) is 13.5 Å². The van der Waals surface area contributed by atoms with Crippen molar-refractivity contribution in [3.05, 3.63) is 88.7 Å². The van der Waals surface area contributed by atoms with Crippen molar-refractivity contribution in [3.63, 3.8) is 0 Å². The summed E-state index contributed by atoms with van der Waals surface area (Å²) in [5.74, 6) is -0.342. The molecule has 0 unspecified atom stereocenters. The second kappa shape index (κ2) is 7.77.